The summed E-state index contributed by atoms with van der Waals surface area (Å²) in [5.74, 6) is 0.640. The topological polar surface area (TPSA) is 70.6 Å². The lowest BCUT2D eigenvalue weighted by Crippen LogP contribution is -2.37. The second-order valence-electron chi connectivity index (χ2n) is 6.04. The molecular weight excluding hydrogens is 268 g/mol. The molecule has 5 nitrogen and oxygen atoms in total. The summed E-state index contributed by atoms with van der Waals surface area (Å²) in [7, 11) is 0. The van der Waals surface area contributed by atoms with Gasteiger partial charge in [-0.2, -0.15) is 0 Å². The van der Waals surface area contributed by atoms with Crippen molar-refractivity contribution in [2.75, 3.05) is 6.61 Å². The average Bonchev–Trinajstić information content (AvgIpc) is 2.81. The molecule has 0 aromatic heterocycles. The lowest BCUT2D eigenvalue weighted by atomic mass is 9.91. The summed E-state index contributed by atoms with van der Waals surface area (Å²) in [4.78, 5) is 11.1. The van der Waals surface area contributed by atoms with Gasteiger partial charge in [-0.1, -0.05) is 32.9 Å². The molecule has 1 aliphatic heterocycles. The summed E-state index contributed by atoms with van der Waals surface area (Å²) in [5.41, 5.74) is 6.96. The number of benzene rings is 1. The molecule has 1 fully saturated rings. The van der Waals surface area contributed by atoms with Crippen LogP contribution in [0.4, 0.5) is 0 Å². The Morgan fingerprint density at radius 3 is 2.48 bits per heavy atom. The standard InChI is InChI=1S/C16H24N2O3/c1-10(2)8-9-21-13-6-4-12(5-7-13)14-11(3)15(16(19)20)18-17-14/h4-7,10-11,14-15,17-18H,8-9H2,1-3H3,(H,19,20). The van der Waals surface area contributed by atoms with Crippen molar-refractivity contribution in [2.45, 2.75) is 39.3 Å². The zero-order valence-electron chi connectivity index (χ0n) is 12.8. The van der Waals surface area contributed by atoms with Gasteiger partial charge in [-0.05, 0) is 30.0 Å². The Kier molecular flexibility index (Phi) is 5.20. The van der Waals surface area contributed by atoms with Gasteiger partial charge in [0.2, 0.25) is 0 Å². The Morgan fingerprint density at radius 2 is 1.95 bits per heavy atom. The van der Waals surface area contributed by atoms with Gasteiger partial charge >= 0.3 is 5.97 Å². The molecule has 116 valence electrons. The van der Waals surface area contributed by atoms with Crippen LogP contribution in [0.2, 0.25) is 0 Å². The first kappa shape index (κ1) is 15.8. The lowest BCUT2D eigenvalue weighted by molar-refractivity contribution is -0.140. The van der Waals surface area contributed by atoms with Crippen LogP contribution in [-0.4, -0.2) is 23.7 Å². The van der Waals surface area contributed by atoms with Crippen molar-refractivity contribution >= 4 is 5.97 Å². The van der Waals surface area contributed by atoms with Gasteiger partial charge in [0.15, 0.2) is 0 Å². The molecule has 0 amide bonds. The van der Waals surface area contributed by atoms with Crippen LogP contribution in [0.25, 0.3) is 0 Å². The number of hydrazine groups is 1. The number of carboxylic acids is 1. The van der Waals surface area contributed by atoms with Crippen LogP contribution in [0, 0.1) is 11.8 Å². The molecule has 21 heavy (non-hydrogen) atoms. The minimum absolute atomic E-state index is 0.00388. The number of carbonyl (C=O) groups is 1. The lowest BCUT2D eigenvalue weighted by Gasteiger charge is -2.17. The predicted molar refractivity (Wildman–Crippen MR) is 81.0 cm³/mol. The number of rotatable bonds is 6. The summed E-state index contributed by atoms with van der Waals surface area (Å²) < 4.78 is 5.69. The van der Waals surface area contributed by atoms with E-state index >= 15 is 0 Å². The second-order valence-corrected chi connectivity index (χ2v) is 6.04. The fourth-order valence-electron chi connectivity index (χ4n) is 2.49. The number of aliphatic carboxylic acids is 1. The van der Waals surface area contributed by atoms with Gasteiger partial charge in [-0.25, -0.2) is 10.9 Å². The maximum absolute atomic E-state index is 11.1. The fraction of sp³-hybridized carbons (Fsp3) is 0.562. The van der Waals surface area contributed by atoms with Crippen LogP contribution < -0.4 is 15.6 Å². The van der Waals surface area contributed by atoms with E-state index in [4.69, 9.17) is 9.84 Å². The molecule has 3 atom stereocenters. The zero-order valence-corrected chi connectivity index (χ0v) is 12.8. The smallest absolute Gasteiger partial charge is 0.322 e. The highest BCUT2D eigenvalue weighted by atomic mass is 16.5. The summed E-state index contributed by atoms with van der Waals surface area (Å²) in [6, 6.07) is 7.30. The zero-order chi connectivity index (χ0) is 15.4. The molecule has 0 bridgehead atoms. The van der Waals surface area contributed by atoms with Crippen molar-refractivity contribution in [3.8, 4) is 5.75 Å². The molecule has 1 saturated heterocycles. The summed E-state index contributed by atoms with van der Waals surface area (Å²) in [5, 5.41) is 9.11. The third-order valence-electron chi connectivity index (χ3n) is 3.92. The van der Waals surface area contributed by atoms with Crippen molar-refractivity contribution in [3.05, 3.63) is 29.8 Å². The molecule has 1 aliphatic rings. The molecule has 1 heterocycles. The average molecular weight is 292 g/mol. The van der Waals surface area contributed by atoms with E-state index in [-0.39, 0.29) is 12.0 Å². The van der Waals surface area contributed by atoms with Gasteiger partial charge in [0, 0.05) is 5.92 Å². The van der Waals surface area contributed by atoms with E-state index in [1.807, 2.05) is 31.2 Å². The van der Waals surface area contributed by atoms with Crippen molar-refractivity contribution < 1.29 is 14.6 Å². The van der Waals surface area contributed by atoms with Crippen LogP contribution in [0.3, 0.4) is 0 Å². The third kappa shape index (κ3) is 3.95. The van der Waals surface area contributed by atoms with Gasteiger partial charge < -0.3 is 9.84 Å². The van der Waals surface area contributed by atoms with E-state index in [1.165, 1.54) is 0 Å². The van der Waals surface area contributed by atoms with Gasteiger partial charge in [0.1, 0.15) is 11.8 Å². The highest BCUT2D eigenvalue weighted by Crippen LogP contribution is 2.29. The Balaban J connectivity index is 1.95. The number of nitrogens with one attached hydrogen (secondary N) is 2. The molecular formula is C16H24N2O3. The van der Waals surface area contributed by atoms with Crippen LogP contribution in [-0.2, 0) is 4.79 Å². The van der Waals surface area contributed by atoms with Crippen molar-refractivity contribution in [2.24, 2.45) is 11.8 Å². The normalized spacial score (nSPS) is 25.2. The SMILES string of the molecule is CC(C)CCOc1ccc(C2NNC(C(=O)O)C2C)cc1. The van der Waals surface area contributed by atoms with E-state index in [2.05, 4.69) is 24.7 Å². The molecule has 0 radical (unpaired) electrons. The highest BCUT2D eigenvalue weighted by molar-refractivity contribution is 5.74. The van der Waals surface area contributed by atoms with Crippen LogP contribution in [0.15, 0.2) is 24.3 Å². The molecule has 0 aliphatic carbocycles. The molecule has 1 aromatic rings. The van der Waals surface area contributed by atoms with Crippen LogP contribution in [0.1, 0.15) is 38.8 Å². The quantitative estimate of drug-likeness (QED) is 0.751. The van der Waals surface area contributed by atoms with E-state index in [9.17, 15) is 4.79 Å². The number of carboxylic acid groups (broad SMARTS) is 1. The van der Waals surface area contributed by atoms with Crippen molar-refractivity contribution in [1.29, 1.82) is 0 Å². The maximum Gasteiger partial charge on any atom is 0.322 e. The van der Waals surface area contributed by atoms with E-state index < -0.39 is 12.0 Å². The largest absolute Gasteiger partial charge is 0.494 e. The Hall–Kier alpha value is -1.59. The van der Waals surface area contributed by atoms with Gasteiger partial charge in [-0.15, -0.1) is 0 Å². The molecule has 1 aromatic carbocycles. The molecule has 5 heteroatoms. The Labute approximate surface area is 125 Å². The van der Waals surface area contributed by atoms with Crippen LogP contribution in [0.5, 0.6) is 5.75 Å². The maximum atomic E-state index is 11.1. The van der Waals surface area contributed by atoms with Gasteiger partial charge in [0.25, 0.3) is 0 Å². The van der Waals surface area contributed by atoms with Crippen molar-refractivity contribution in [1.82, 2.24) is 10.9 Å². The number of hydrogen-bond donors (Lipinski definition) is 3. The minimum atomic E-state index is -0.828. The summed E-state index contributed by atoms with van der Waals surface area (Å²) in [6.45, 7) is 7.00. The molecule has 3 unspecified atom stereocenters. The Morgan fingerprint density at radius 1 is 1.29 bits per heavy atom. The minimum Gasteiger partial charge on any atom is -0.494 e. The number of hydrogen-bond acceptors (Lipinski definition) is 4. The fourth-order valence-corrected chi connectivity index (χ4v) is 2.49. The van der Waals surface area contributed by atoms with Crippen molar-refractivity contribution in [3.63, 3.8) is 0 Å². The molecule has 2 rings (SSSR count). The van der Waals surface area contributed by atoms with E-state index in [0.717, 1.165) is 24.3 Å². The Bertz CT molecular complexity index is 473. The number of ether oxygens (including phenoxy) is 1. The van der Waals surface area contributed by atoms with E-state index in [0.29, 0.717) is 5.92 Å². The van der Waals surface area contributed by atoms with Gasteiger partial charge in [-0.3, -0.25) is 4.79 Å². The molecule has 0 saturated carbocycles. The first-order valence-corrected chi connectivity index (χ1v) is 7.45. The summed E-state index contributed by atoms with van der Waals surface area (Å²) in [6.07, 6.45) is 1.03. The van der Waals surface area contributed by atoms with E-state index in [1.54, 1.807) is 0 Å². The monoisotopic (exact) mass is 292 g/mol. The van der Waals surface area contributed by atoms with Crippen LogP contribution >= 0.6 is 0 Å². The molecule has 3 N–H and O–H groups in total. The highest BCUT2D eigenvalue weighted by Gasteiger charge is 2.37. The van der Waals surface area contributed by atoms with Gasteiger partial charge in [0.05, 0.1) is 12.6 Å². The molecule has 0 spiro atoms. The summed E-state index contributed by atoms with van der Waals surface area (Å²) >= 11 is 0. The predicted octanol–water partition coefficient (Wildman–Crippen LogP) is 2.35. The first-order chi connectivity index (χ1) is 9.99. The second kappa shape index (κ2) is 6.91. The third-order valence-corrected chi connectivity index (χ3v) is 3.92. The first-order valence-electron chi connectivity index (χ1n) is 7.45.